The molecular weight excluding hydrogens is 228 g/mol. The molecule has 1 fully saturated rings. The zero-order valence-corrected chi connectivity index (χ0v) is 10.9. The van der Waals surface area contributed by atoms with Gasteiger partial charge in [0.15, 0.2) is 0 Å². The molecule has 1 saturated heterocycles. The van der Waals surface area contributed by atoms with E-state index >= 15 is 0 Å². The van der Waals surface area contributed by atoms with E-state index in [1.54, 1.807) is 12.1 Å². The van der Waals surface area contributed by atoms with Crippen LogP contribution in [0, 0.1) is 0 Å². The second-order valence-corrected chi connectivity index (χ2v) is 4.85. The summed E-state index contributed by atoms with van der Waals surface area (Å²) >= 11 is 0. The number of hydrazine groups is 1. The average molecular weight is 248 g/mol. The van der Waals surface area contributed by atoms with Crippen molar-refractivity contribution < 1.29 is 9.53 Å². The second kappa shape index (κ2) is 5.87. The minimum atomic E-state index is -0.415. The van der Waals surface area contributed by atoms with Crippen LogP contribution in [0.3, 0.4) is 0 Å². The molecule has 1 aromatic carbocycles. The standard InChI is InChI=1S/C14H20N2O2/c1-11-7-6-8-12(2)16(11)15-14(17)18-13-9-4-3-5-10-13/h3-5,9-12H,6-8H2,1-2H3,(H,15,17). The largest absolute Gasteiger partial charge is 0.427 e. The smallest absolute Gasteiger partial charge is 0.409 e. The first-order valence-electron chi connectivity index (χ1n) is 6.48. The third-order valence-electron chi connectivity index (χ3n) is 3.37. The predicted octanol–water partition coefficient (Wildman–Crippen LogP) is 2.95. The first-order chi connectivity index (χ1) is 8.66. The van der Waals surface area contributed by atoms with Crippen molar-refractivity contribution in [3.8, 4) is 5.75 Å². The van der Waals surface area contributed by atoms with Crippen molar-refractivity contribution in [2.75, 3.05) is 0 Å². The number of piperidine rings is 1. The van der Waals surface area contributed by atoms with Crippen LogP contribution >= 0.6 is 0 Å². The summed E-state index contributed by atoms with van der Waals surface area (Å²) in [6, 6.07) is 9.82. The first-order valence-corrected chi connectivity index (χ1v) is 6.48. The molecule has 98 valence electrons. The highest BCUT2D eigenvalue weighted by Crippen LogP contribution is 2.20. The number of ether oxygens (including phenoxy) is 1. The van der Waals surface area contributed by atoms with Gasteiger partial charge in [-0.25, -0.2) is 9.80 Å². The number of hydrogen-bond donors (Lipinski definition) is 1. The summed E-state index contributed by atoms with van der Waals surface area (Å²) in [6.45, 7) is 4.25. The lowest BCUT2D eigenvalue weighted by molar-refractivity contribution is 0.0487. The first kappa shape index (κ1) is 12.9. The van der Waals surface area contributed by atoms with E-state index in [0.717, 1.165) is 12.8 Å². The number of hydrogen-bond acceptors (Lipinski definition) is 3. The maximum absolute atomic E-state index is 11.8. The highest BCUT2D eigenvalue weighted by atomic mass is 16.6. The second-order valence-electron chi connectivity index (χ2n) is 4.85. The Morgan fingerprint density at radius 2 is 1.83 bits per heavy atom. The summed E-state index contributed by atoms with van der Waals surface area (Å²) in [5, 5.41) is 1.99. The molecule has 0 saturated carbocycles. The maximum atomic E-state index is 11.8. The lowest BCUT2D eigenvalue weighted by Gasteiger charge is -2.38. The van der Waals surface area contributed by atoms with Gasteiger partial charge in [0.25, 0.3) is 0 Å². The summed E-state index contributed by atoms with van der Waals surface area (Å²) in [5.41, 5.74) is 2.84. The number of rotatable bonds is 2. The van der Waals surface area contributed by atoms with Crippen LogP contribution < -0.4 is 10.2 Å². The lowest BCUT2D eigenvalue weighted by Crippen LogP contribution is -2.54. The molecule has 18 heavy (non-hydrogen) atoms. The van der Waals surface area contributed by atoms with Gasteiger partial charge in [-0.2, -0.15) is 0 Å². The minimum Gasteiger partial charge on any atom is -0.409 e. The van der Waals surface area contributed by atoms with Gasteiger partial charge in [-0.3, -0.25) is 5.43 Å². The summed E-state index contributed by atoms with van der Waals surface area (Å²) in [7, 11) is 0. The fraction of sp³-hybridized carbons (Fsp3) is 0.500. The highest BCUT2D eigenvalue weighted by molar-refractivity contribution is 5.69. The Morgan fingerprint density at radius 1 is 1.22 bits per heavy atom. The van der Waals surface area contributed by atoms with Crippen LogP contribution in [-0.2, 0) is 0 Å². The Labute approximate surface area is 108 Å². The molecule has 1 aromatic rings. The Morgan fingerprint density at radius 3 is 2.44 bits per heavy atom. The Balaban J connectivity index is 1.90. The monoisotopic (exact) mass is 248 g/mol. The molecule has 2 unspecified atom stereocenters. The van der Waals surface area contributed by atoms with Crippen LogP contribution in [0.25, 0.3) is 0 Å². The Bertz CT molecular complexity index is 384. The zero-order chi connectivity index (χ0) is 13.0. The molecule has 1 aliphatic heterocycles. The molecule has 0 radical (unpaired) electrons. The van der Waals surface area contributed by atoms with Gasteiger partial charge in [0.2, 0.25) is 0 Å². The van der Waals surface area contributed by atoms with E-state index in [0.29, 0.717) is 17.8 Å². The topological polar surface area (TPSA) is 41.6 Å². The minimum absolute atomic E-state index is 0.358. The third kappa shape index (κ3) is 3.23. The van der Waals surface area contributed by atoms with Gasteiger partial charge in [0.1, 0.15) is 5.75 Å². The van der Waals surface area contributed by atoms with Crippen LogP contribution in [-0.4, -0.2) is 23.2 Å². The van der Waals surface area contributed by atoms with Gasteiger partial charge in [-0.15, -0.1) is 0 Å². The van der Waals surface area contributed by atoms with Crippen molar-refractivity contribution in [3.05, 3.63) is 30.3 Å². The van der Waals surface area contributed by atoms with E-state index in [1.165, 1.54) is 6.42 Å². The number of carbonyl (C=O) groups excluding carboxylic acids is 1. The number of nitrogens with zero attached hydrogens (tertiary/aromatic N) is 1. The quantitative estimate of drug-likeness (QED) is 0.875. The average Bonchev–Trinajstić information content (AvgIpc) is 2.35. The van der Waals surface area contributed by atoms with Crippen molar-refractivity contribution in [2.45, 2.75) is 45.2 Å². The third-order valence-corrected chi connectivity index (χ3v) is 3.37. The van der Waals surface area contributed by atoms with E-state index in [2.05, 4.69) is 19.3 Å². The number of nitrogens with one attached hydrogen (secondary N) is 1. The number of benzene rings is 1. The molecule has 2 rings (SSSR count). The van der Waals surface area contributed by atoms with Gasteiger partial charge < -0.3 is 4.74 Å². The molecule has 0 bridgehead atoms. The number of carbonyl (C=O) groups is 1. The van der Waals surface area contributed by atoms with Gasteiger partial charge in [-0.1, -0.05) is 24.6 Å². The molecular formula is C14H20N2O2. The molecule has 4 nitrogen and oxygen atoms in total. The fourth-order valence-corrected chi connectivity index (χ4v) is 2.37. The molecule has 1 aliphatic rings. The van der Waals surface area contributed by atoms with Crippen molar-refractivity contribution in [1.29, 1.82) is 0 Å². The van der Waals surface area contributed by atoms with Gasteiger partial charge in [0.05, 0.1) is 0 Å². The summed E-state index contributed by atoms with van der Waals surface area (Å²) in [6.07, 6.45) is 3.02. The van der Waals surface area contributed by atoms with Crippen molar-refractivity contribution >= 4 is 6.09 Å². The SMILES string of the molecule is CC1CCCC(C)N1NC(=O)Oc1ccccc1. The molecule has 1 amide bonds. The molecule has 0 aromatic heterocycles. The lowest BCUT2D eigenvalue weighted by atomic mass is 10.00. The summed E-state index contributed by atoms with van der Waals surface area (Å²) in [4.78, 5) is 11.8. The van der Waals surface area contributed by atoms with E-state index < -0.39 is 6.09 Å². The van der Waals surface area contributed by atoms with E-state index in [1.807, 2.05) is 23.2 Å². The highest BCUT2D eigenvalue weighted by Gasteiger charge is 2.26. The van der Waals surface area contributed by atoms with Crippen molar-refractivity contribution in [2.24, 2.45) is 0 Å². The Hall–Kier alpha value is -1.55. The molecule has 0 aliphatic carbocycles. The molecule has 2 atom stereocenters. The van der Waals surface area contributed by atoms with Crippen molar-refractivity contribution in [3.63, 3.8) is 0 Å². The van der Waals surface area contributed by atoms with Crippen LogP contribution in [0.2, 0.25) is 0 Å². The van der Waals surface area contributed by atoms with Crippen LogP contribution in [0.15, 0.2) is 30.3 Å². The van der Waals surface area contributed by atoms with Gasteiger partial charge in [0, 0.05) is 12.1 Å². The fourth-order valence-electron chi connectivity index (χ4n) is 2.37. The van der Waals surface area contributed by atoms with Gasteiger partial charge >= 0.3 is 6.09 Å². The number of para-hydroxylation sites is 1. The normalized spacial score (nSPS) is 24.6. The van der Waals surface area contributed by atoms with E-state index in [9.17, 15) is 4.79 Å². The van der Waals surface area contributed by atoms with Crippen LogP contribution in [0.1, 0.15) is 33.1 Å². The van der Waals surface area contributed by atoms with Crippen LogP contribution in [0.4, 0.5) is 4.79 Å². The summed E-state index contributed by atoms with van der Waals surface area (Å²) in [5.74, 6) is 0.562. The Kier molecular flexibility index (Phi) is 4.20. The predicted molar refractivity (Wildman–Crippen MR) is 70.2 cm³/mol. The van der Waals surface area contributed by atoms with Crippen molar-refractivity contribution in [1.82, 2.24) is 10.4 Å². The van der Waals surface area contributed by atoms with Gasteiger partial charge in [-0.05, 0) is 38.8 Å². The maximum Gasteiger partial charge on any atom is 0.427 e. The molecule has 1 N–H and O–H groups in total. The molecule has 0 spiro atoms. The number of amides is 1. The van der Waals surface area contributed by atoms with E-state index in [4.69, 9.17) is 4.74 Å². The zero-order valence-electron chi connectivity index (χ0n) is 10.9. The van der Waals surface area contributed by atoms with Crippen LogP contribution in [0.5, 0.6) is 5.75 Å². The van der Waals surface area contributed by atoms with E-state index in [-0.39, 0.29) is 0 Å². The molecule has 1 heterocycles. The summed E-state index contributed by atoms with van der Waals surface area (Å²) < 4.78 is 5.22. The molecule has 4 heteroatoms.